The Hall–Kier alpha value is -1.02. The molecule has 1 aromatic carbocycles. The zero-order valence-corrected chi connectivity index (χ0v) is 10.0. The third-order valence-electron chi connectivity index (χ3n) is 3.19. The Bertz CT molecular complexity index is 349. The number of benzene rings is 1. The fraction of sp³-hybridized carbons (Fsp3) is 0.571. The summed E-state index contributed by atoms with van der Waals surface area (Å²) in [5.74, 6) is 1.08. The van der Waals surface area contributed by atoms with E-state index >= 15 is 0 Å². The second-order valence-corrected chi connectivity index (χ2v) is 4.66. The SMILES string of the molecule is CC1CCc2cc(CCCCN)ccc2O1. The zero-order valence-electron chi connectivity index (χ0n) is 10.0. The second kappa shape index (κ2) is 5.35. The fourth-order valence-electron chi connectivity index (χ4n) is 2.21. The normalized spacial score (nSPS) is 19.0. The lowest BCUT2D eigenvalue weighted by Gasteiger charge is -2.23. The quantitative estimate of drug-likeness (QED) is 0.790. The van der Waals surface area contributed by atoms with Crippen LogP contribution in [-0.4, -0.2) is 12.6 Å². The van der Waals surface area contributed by atoms with Gasteiger partial charge in [-0.3, -0.25) is 0 Å². The highest BCUT2D eigenvalue weighted by molar-refractivity contribution is 5.38. The summed E-state index contributed by atoms with van der Waals surface area (Å²) in [4.78, 5) is 0. The summed E-state index contributed by atoms with van der Waals surface area (Å²) < 4.78 is 5.79. The summed E-state index contributed by atoms with van der Waals surface area (Å²) in [6.45, 7) is 2.93. The highest BCUT2D eigenvalue weighted by atomic mass is 16.5. The molecular formula is C14H21NO. The molecule has 0 saturated heterocycles. The van der Waals surface area contributed by atoms with Crippen LogP contribution in [0.2, 0.25) is 0 Å². The van der Waals surface area contributed by atoms with E-state index in [1.54, 1.807) is 0 Å². The van der Waals surface area contributed by atoms with Crippen molar-refractivity contribution in [3.05, 3.63) is 29.3 Å². The lowest BCUT2D eigenvalue weighted by molar-refractivity contribution is 0.192. The van der Waals surface area contributed by atoms with Gasteiger partial charge in [0.1, 0.15) is 5.75 Å². The van der Waals surface area contributed by atoms with Gasteiger partial charge in [-0.1, -0.05) is 12.1 Å². The van der Waals surface area contributed by atoms with Gasteiger partial charge < -0.3 is 10.5 Å². The Balaban J connectivity index is 2.02. The van der Waals surface area contributed by atoms with Crippen LogP contribution in [0.15, 0.2) is 18.2 Å². The van der Waals surface area contributed by atoms with Crippen LogP contribution in [0.4, 0.5) is 0 Å². The van der Waals surface area contributed by atoms with Gasteiger partial charge in [-0.2, -0.15) is 0 Å². The number of nitrogens with two attached hydrogens (primary N) is 1. The Kier molecular flexibility index (Phi) is 3.83. The number of hydrogen-bond acceptors (Lipinski definition) is 2. The Morgan fingerprint density at radius 2 is 2.25 bits per heavy atom. The summed E-state index contributed by atoms with van der Waals surface area (Å²) in [6, 6.07) is 6.62. The van der Waals surface area contributed by atoms with Crippen LogP contribution >= 0.6 is 0 Å². The first-order chi connectivity index (χ1) is 7.79. The van der Waals surface area contributed by atoms with Crippen molar-refractivity contribution in [2.45, 2.75) is 45.1 Å². The van der Waals surface area contributed by atoms with Crippen LogP contribution < -0.4 is 10.5 Å². The predicted octanol–water partition coefficient (Wildman–Crippen LogP) is 2.68. The lowest BCUT2D eigenvalue weighted by atomic mass is 9.98. The largest absolute Gasteiger partial charge is 0.490 e. The first-order valence-corrected chi connectivity index (χ1v) is 6.28. The van der Waals surface area contributed by atoms with E-state index in [2.05, 4.69) is 25.1 Å². The number of hydrogen-bond donors (Lipinski definition) is 1. The van der Waals surface area contributed by atoms with E-state index in [-0.39, 0.29) is 0 Å². The third kappa shape index (κ3) is 2.76. The van der Waals surface area contributed by atoms with Gasteiger partial charge in [0.15, 0.2) is 0 Å². The summed E-state index contributed by atoms with van der Waals surface area (Å²) in [5.41, 5.74) is 8.30. The average molecular weight is 219 g/mol. The molecule has 1 heterocycles. The summed E-state index contributed by atoms with van der Waals surface area (Å²) in [5, 5.41) is 0. The third-order valence-corrected chi connectivity index (χ3v) is 3.19. The van der Waals surface area contributed by atoms with Gasteiger partial charge in [-0.25, -0.2) is 0 Å². The van der Waals surface area contributed by atoms with Crippen LogP contribution in [0, 0.1) is 0 Å². The minimum Gasteiger partial charge on any atom is -0.490 e. The first kappa shape index (κ1) is 11.5. The number of ether oxygens (including phenoxy) is 1. The molecule has 0 spiro atoms. The molecule has 0 aliphatic carbocycles. The molecule has 0 bridgehead atoms. The molecule has 0 fully saturated rings. The molecule has 0 saturated carbocycles. The molecule has 2 N–H and O–H groups in total. The van der Waals surface area contributed by atoms with Crippen molar-refractivity contribution >= 4 is 0 Å². The van der Waals surface area contributed by atoms with Crippen molar-refractivity contribution in [3.63, 3.8) is 0 Å². The molecule has 1 atom stereocenters. The number of unbranched alkanes of at least 4 members (excludes halogenated alkanes) is 1. The van der Waals surface area contributed by atoms with Gasteiger partial charge in [0.05, 0.1) is 6.10 Å². The molecule has 1 aromatic rings. The van der Waals surface area contributed by atoms with E-state index in [1.807, 2.05) is 0 Å². The minimum atomic E-state index is 0.371. The maximum Gasteiger partial charge on any atom is 0.122 e. The maximum atomic E-state index is 5.79. The molecule has 1 aliphatic heterocycles. The molecule has 1 aliphatic rings. The molecule has 0 aromatic heterocycles. The van der Waals surface area contributed by atoms with E-state index in [0.29, 0.717) is 6.10 Å². The first-order valence-electron chi connectivity index (χ1n) is 6.28. The van der Waals surface area contributed by atoms with Crippen LogP contribution in [0.3, 0.4) is 0 Å². The van der Waals surface area contributed by atoms with Crippen molar-refractivity contribution < 1.29 is 4.74 Å². The number of aryl methyl sites for hydroxylation is 2. The maximum absolute atomic E-state index is 5.79. The molecule has 1 unspecified atom stereocenters. The Morgan fingerprint density at radius 1 is 1.38 bits per heavy atom. The molecule has 2 heteroatoms. The summed E-state index contributed by atoms with van der Waals surface area (Å²) in [6.07, 6.45) is 6.10. The highest BCUT2D eigenvalue weighted by Gasteiger charge is 2.15. The minimum absolute atomic E-state index is 0.371. The topological polar surface area (TPSA) is 35.2 Å². The number of rotatable bonds is 4. The van der Waals surface area contributed by atoms with Crippen molar-refractivity contribution in [2.75, 3.05) is 6.54 Å². The van der Waals surface area contributed by atoms with Crippen molar-refractivity contribution in [3.8, 4) is 5.75 Å². The molecule has 88 valence electrons. The molecule has 0 radical (unpaired) electrons. The molecule has 2 nitrogen and oxygen atoms in total. The molecular weight excluding hydrogens is 198 g/mol. The van der Waals surface area contributed by atoms with Gasteiger partial charge in [-0.05, 0) is 62.8 Å². The van der Waals surface area contributed by atoms with Crippen molar-refractivity contribution in [1.82, 2.24) is 0 Å². The van der Waals surface area contributed by atoms with E-state index in [1.165, 1.54) is 17.5 Å². The molecule has 0 amide bonds. The van der Waals surface area contributed by atoms with Crippen molar-refractivity contribution in [1.29, 1.82) is 0 Å². The predicted molar refractivity (Wildman–Crippen MR) is 66.8 cm³/mol. The van der Waals surface area contributed by atoms with Crippen molar-refractivity contribution in [2.24, 2.45) is 5.73 Å². The summed E-state index contributed by atoms with van der Waals surface area (Å²) in [7, 11) is 0. The fourth-order valence-corrected chi connectivity index (χ4v) is 2.21. The van der Waals surface area contributed by atoms with Crippen LogP contribution in [0.1, 0.15) is 37.3 Å². The Morgan fingerprint density at radius 3 is 3.06 bits per heavy atom. The van der Waals surface area contributed by atoms with Crippen LogP contribution in [0.5, 0.6) is 5.75 Å². The van der Waals surface area contributed by atoms with E-state index in [9.17, 15) is 0 Å². The van der Waals surface area contributed by atoms with Gasteiger partial charge in [0.2, 0.25) is 0 Å². The Labute approximate surface area is 97.8 Å². The lowest BCUT2D eigenvalue weighted by Crippen LogP contribution is -2.18. The van der Waals surface area contributed by atoms with E-state index in [0.717, 1.165) is 38.0 Å². The van der Waals surface area contributed by atoms with Gasteiger partial charge in [-0.15, -0.1) is 0 Å². The smallest absolute Gasteiger partial charge is 0.122 e. The highest BCUT2D eigenvalue weighted by Crippen LogP contribution is 2.28. The number of fused-ring (bicyclic) bond motifs is 1. The molecule has 2 rings (SSSR count). The zero-order chi connectivity index (χ0) is 11.4. The van der Waals surface area contributed by atoms with Gasteiger partial charge >= 0.3 is 0 Å². The standard InChI is InChI=1S/C14H21NO/c1-11-5-7-13-10-12(4-2-3-9-15)6-8-14(13)16-11/h6,8,10-11H,2-5,7,9,15H2,1H3. The van der Waals surface area contributed by atoms with Gasteiger partial charge in [0.25, 0.3) is 0 Å². The summed E-state index contributed by atoms with van der Waals surface area (Å²) >= 11 is 0. The van der Waals surface area contributed by atoms with E-state index in [4.69, 9.17) is 10.5 Å². The monoisotopic (exact) mass is 219 g/mol. The second-order valence-electron chi connectivity index (χ2n) is 4.66. The van der Waals surface area contributed by atoms with Crippen LogP contribution in [0.25, 0.3) is 0 Å². The van der Waals surface area contributed by atoms with Crippen LogP contribution in [-0.2, 0) is 12.8 Å². The van der Waals surface area contributed by atoms with E-state index < -0.39 is 0 Å². The average Bonchev–Trinajstić information content (AvgIpc) is 2.29. The van der Waals surface area contributed by atoms with Gasteiger partial charge in [0, 0.05) is 0 Å². The molecule has 16 heavy (non-hydrogen) atoms.